The van der Waals surface area contributed by atoms with Crippen molar-refractivity contribution >= 4 is 0 Å². The van der Waals surface area contributed by atoms with Gasteiger partial charge < -0.3 is 0 Å². The SMILES string of the molecule is C=CC(C)(C/C=C/C)c1ccccc1. The maximum absolute atomic E-state index is 3.93. The molecule has 0 fully saturated rings. The summed E-state index contributed by atoms with van der Waals surface area (Å²) < 4.78 is 0. The van der Waals surface area contributed by atoms with E-state index in [-0.39, 0.29) is 5.41 Å². The van der Waals surface area contributed by atoms with E-state index in [0.29, 0.717) is 0 Å². The Bertz CT molecular complexity index is 308. The summed E-state index contributed by atoms with van der Waals surface area (Å²) >= 11 is 0. The molecule has 0 aliphatic carbocycles. The molecule has 1 aromatic carbocycles. The van der Waals surface area contributed by atoms with Gasteiger partial charge in [0.15, 0.2) is 0 Å². The van der Waals surface area contributed by atoms with Crippen molar-refractivity contribution < 1.29 is 0 Å². The molecule has 1 unspecified atom stereocenters. The van der Waals surface area contributed by atoms with Gasteiger partial charge in [0.1, 0.15) is 0 Å². The van der Waals surface area contributed by atoms with E-state index in [1.807, 2.05) is 12.1 Å². The maximum atomic E-state index is 3.93. The molecule has 0 saturated carbocycles. The molecule has 0 amide bonds. The lowest BCUT2D eigenvalue weighted by atomic mass is 9.79. The van der Waals surface area contributed by atoms with Crippen LogP contribution in [0.2, 0.25) is 0 Å². The molecule has 0 saturated heterocycles. The van der Waals surface area contributed by atoms with E-state index < -0.39 is 0 Å². The maximum Gasteiger partial charge on any atom is 0.0135 e. The van der Waals surface area contributed by atoms with Crippen LogP contribution >= 0.6 is 0 Å². The first-order chi connectivity index (χ1) is 6.73. The van der Waals surface area contributed by atoms with E-state index in [2.05, 4.69) is 56.8 Å². The molecule has 1 aromatic rings. The molecule has 1 rings (SSSR count). The first kappa shape index (κ1) is 10.8. The minimum absolute atomic E-state index is 0.0633. The number of hydrogen-bond donors (Lipinski definition) is 0. The lowest BCUT2D eigenvalue weighted by Crippen LogP contribution is -2.17. The van der Waals surface area contributed by atoms with E-state index in [1.165, 1.54) is 5.56 Å². The van der Waals surface area contributed by atoms with Crippen LogP contribution in [0, 0.1) is 0 Å². The van der Waals surface area contributed by atoms with Gasteiger partial charge in [-0.2, -0.15) is 0 Å². The quantitative estimate of drug-likeness (QED) is 0.621. The zero-order chi connectivity index (χ0) is 10.4. The second-order valence-corrected chi connectivity index (χ2v) is 3.76. The normalized spacial score (nSPS) is 15.3. The zero-order valence-electron chi connectivity index (χ0n) is 9.03. The van der Waals surface area contributed by atoms with Crippen LogP contribution in [-0.2, 0) is 5.41 Å². The van der Waals surface area contributed by atoms with E-state index in [1.54, 1.807) is 0 Å². The van der Waals surface area contributed by atoms with Crippen LogP contribution in [0.4, 0.5) is 0 Å². The highest BCUT2D eigenvalue weighted by molar-refractivity contribution is 5.30. The van der Waals surface area contributed by atoms with Crippen LogP contribution in [0.1, 0.15) is 25.8 Å². The molecule has 0 nitrogen and oxygen atoms in total. The summed E-state index contributed by atoms with van der Waals surface area (Å²) in [5.74, 6) is 0. The average molecular weight is 186 g/mol. The van der Waals surface area contributed by atoms with Gasteiger partial charge in [-0.05, 0) is 18.9 Å². The highest BCUT2D eigenvalue weighted by atomic mass is 14.2. The fourth-order valence-corrected chi connectivity index (χ4v) is 1.50. The van der Waals surface area contributed by atoms with Crippen LogP contribution in [0.25, 0.3) is 0 Å². The Hall–Kier alpha value is -1.30. The number of hydrogen-bond acceptors (Lipinski definition) is 0. The summed E-state index contributed by atoms with van der Waals surface area (Å²) in [6, 6.07) is 10.5. The second-order valence-electron chi connectivity index (χ2n) is 3.76. The molecule has 0 heterocycles. The summed E-state index contributed by atoms with van der Waals surface area (Å²) in [4.78, 5) is 0. The van der Waals surface area contributed by atoms with Crippen molar-refractivity contribution in [3.05, 3.63) is 60.7 Å². The molecule has 0 heteroatoms. The molecular formula is C14H18. The Labute approximate surface area is 87.0 Å². The molecule has 0 spiro atoms. The Morgan fingerprint density at radius 1 is 1.29 bits per heavy atom. The van der Waals surface area contributed by atoms with Crippen molar-refractivity contribution in [1.82, 2.24) is 0 Å². The van der Waals surface area contributed by atoms with E-state index in [4.69, 9.17) is 0 Å². The Morgan fingerprint density at radius 3 is 2.43 bits per heavy atom. The lowest BCUT2D eigenvalue weighted by Gasteiger charge is -2.24. The van der Waals surface area contributed by atoms with Gasteiger partial charge >= 0.3 is 0 Å². The minimum Gasteiger partial charge on any atom is -0.102 e. The molecular weight excluding hydrogens is 168 g/mol. The van der Waals surface area contributed by atoms with Crippen molar-refractivity contribution in [1.29, 1.82) is 0 Å². The van der Waals surface area contributed by atoms with Crippen LogP contribution in [-0.4, -0.2) is 0 Å². The highest BCUT2D eigenvalue weighted by Crippen LogP contribution is 2.28. The van der Waals surface area contributed by atoms with Gasteiger partial charge in [0.2, 0.25) is 0 Å². The summed E-state index contributed by atoms with van der Waals surface area (Å²) in [5.41, 5.74) is 1.39. The molecule has 0 bridgehead atoms. The Morgan fingerprint density at radius 2 is 1.93 bits per heavy atom. The zero-order valence-corrected chi connectivity index (χ0v) is 9.03. The number of allylic oxidation sites excluding steroid dienone is 3. The fraction of sp³-hybridized carbons (Fsp3) is 0.286. The first-order valence-corrected chi connectivity index (χ1v) is 5.03. The molecule has 0 aliphatic rings. The summed E-state index contributed by atoms with van der Waals surface area (Å²) in [6.07, 6.45) is 7.32. The van der Waals surface area contributed by atoms with Crippen molar-refractivity contribution in [3.63, 3.8) is 0 Å². The molecule has 0 N–H and O–H groups in total. The predicted molar refractivity (Wildman–Crippen MR) is 63.4 cm³/mol. The van der Waals surface area contributed by atoms with E-state index in [0.717, 1.165) is 6.42 Å². The average Bonchev–Trinajstić information content (AvgIpc) is 2.27. The van der Waals surface area contributed by atoms with E-state index in [9.17, 15) is 0 Å². The monoisotopic (exact) mass is 186 g/mol. The van der Waals surface area contributed by atoms with Gasteiger partial charge in [-0.1, -0.05) is 55.5 Å². The van der Waals surface area contributed by atoms with Crippen LogP contribution < -0.4 is 0 Å². The highest BCUT2D eigenvalue weighted by Gasteiger charge is 2.20. The van der Waals surface area contributed by atoms with Crippen LogP contribution in [0.5, 0.6) is 0 Å². The van der Waals surface area contributed by atoms with Crippen molar-refractivity contribution in [2.24, 2.45) is 0 Å². The summed E-state index contributed by atoms with van der Waals surface area (Å²) in [7, 11) is 0. The third-order valence-corrected chi connectivity index (χ3v) is 2.66. The van der Waals surface area contributed by atoms with Crippen LogP contribution in [0.15, 0.2) is 55.1 Å². The number of benzene rings is 1. The topological polar surface area (TPSA) is 0 Å². The minimum atomic E-state index is 0.0633. The van der Waals surface area contributed by atoms with Gasteiger partial charge in [0, 0.05) is 5.41 Å². The standard InChI is InChI=1S/C14H18/c1-4-6-12-14(3,5-2)13-10-8-7-9-11-13/h4-11H,2,12H2,1,3H3/b6-4+. The Balaban J connectivity index is 2.95. The molecule has 0 aliphatic heterocycles. The third-order valence-electron chi connectivity index (χ3n) is 2.66. The molecule has 1 atom stereocenters. The second kappa shape index (κ2) is 4.80. The van der Waals surface area contributed by atoms with Gasteiger partial charge in [-0.15, -0.1) is 6.58 Å². The molecule has 74 valence electrons. The summed E-state index contributed by atoms with van der Waals surface area (Å²) in [6.45, 7) is 8.20. The van der Waals surface area contributed by atoms with Crippen molar-refractivity contribution in [2.45, 2.75) is 25.7 Å². The van der Waals surface area contributed by atoms with Gasteiger partial charge in [0.05, 0.1) is 0 Å². The fourth-order valence-electron chi connectivity index (χ4n) is 1.50. The van der Waals surface area contributed by atoms with Gasteiger partial charge in [-0.25, -0.2) is 0 Å². The predicted octanol–water partition coefficient (Wildman–Crippen LogP) is 4.10. The smallest absolute Gasteiger partial charge is 0.0135 e. The molecule has 0 radical (unpaired) electrons. The Kier molecular flexibility index (Phi) is 3.70. The summed E-state index contributed by atoms with van der Waals surface area (Å²) in [5, 5.41) is 0. The van der Waals surface area contributed by atoms with E-state index >= 15 is 0 Å². The van der Waals surface area contributed by atoms with Gasteiger partial charge in [-0.3, -0.25) is 0 Å². The van der Waals surface area contributed by atoms with Crippen LogP contribution in [0.3, 0.4) is 0 Å². The van der Waals surface area contributed by atoms with Crippen molar-refractivity contribution in [3.8, 4) is 0 Å². The third kappa shape index (κ3) is 2.35. The van der Waals surface area contributed by atoms with Crippen molar-refractivity contribution in [2.75, 3.05) is 0 Å². The lowest BCUT2D eigenvalue weighted by molar-refractivity contribution is 0.606. The molecule has 14 heavy (non-hydrogen) atoms. The largest absolute Gasteiger partial charge is 0.102 e. The first-order valence-electron chi connectivity index (χ1n) is 5.03. The number of rotatable bonds is 4. The van der Waals surface area contributed by atoms with Gasteiger partial charge in [0.25, 0.3) is 0 Å². The molecule has 0 aromatic heterocycles.